The fourth-order valence-corrected chi connectivity index (χ4v) is 4.39. The van der Waals surface area contributed by atoms with Gasteiger partial charge in [-0.2, -0.15) is 0 Å². The Morgan fingerprint density at radius 1 is 1.03 bits per heavy atom. The van der Waals surface area contributed by atoms with Crippen molar-refractivity contribution in [3.8, 4) is 5.69 Å². The molecule has 0 aliphatic heterocycles. The lowest BCUT2D eigenvalue weighted by molar-refractivity contribution is -0.115. The second kappa shape index (κ2) is 9.89. The Hall–Kier alpha value is -3.62. The minimum absolute atomic E-state index is 0.0870. The fraction of sp³-hybridized carbons (Fsp3) is 0.0833. The number of hydrogen-bond acceptors (Lipinski definition) is 5. The molecule has 0 radical (unpaired) electrons. The molecule has 0 atom stereocenters. The van der Waals surface area contributed by atoms with Gasteiger partial charge >= 0.3 is 5.97 Å². The smallest absolute Gasteiger partial charge is 0.337 e. The summed E-state index contributed by atoms with van der Waals surface area (Å²) in [6, 6.07) is 20.6. The van der Waals surface area contributed by atoms with Crippen LogP contribution >= 0.6 is 23.4 Å². The summed E-state index contributed by atoms with van der Waals surface area (Å²) < 4.78 is 1.54. The lowest BCUT2D eigenvalue weighted by Gasteiger charge is -2.13. The summed E-state index contributed by atoms with van der Waals surface area (Å²) in [6.45, 7) is 0. The lowest BCUT2D eigenvalue weighted by atomic mass is 10.2. The number of fused-ring (bicyclic) bond motifs is 1. The highest BCUT2D eigenvalue weighted by Gasteiger charge is 2.15. The summed E-state index contributed by atoms with van der Waals surface area (Å²) in [4.78, 5) is 41.5. The zero-order chi connectivity index (χ0) is 23.4. The van der Waals surface area contributed by atoms with Crippen LogP contribution in [0.1, 0.15) is 16.8 Å². The standard InChI is InChI=1S/C24H18ClN3O4S/c25-19-11-10-15(14-18(19)23(31)32)26-21(29)12-13-33-24-27-20-9-5-4-8-17(20)22(30)28(24)16-6-2-1-3-7-16/h1-11,14H,12-13H2,(H,26,29)(H,31,32). The van der Waals surface area contributed by atoms with Crippen LogP contribution in [0.25, 0.3) is 16.6 Å². The minimum Gasteiger partial charge on any atom is -0.478 e. The minimum atomic E-state index is -1.17. The average Bonchev–Trinajstić information content (AvgIpc) is 2.81. The zero-order valence-electron chi connectivity index (χ0n) is 17.2. The molecule has 0 unspecified atom stereocenters. The molecule has 1 amide bonds. The molecule has 166 valence electrons. The summed E-state index contributed by atoms with van der Waals surface area (Å²) >= 11 is 7.16. The van der Waals surface area contributed by atoms with Crippen LogP contribution < -0.4 is 10.9 Å². The summed E-state index contributed by atoms with van der Waals surface area (Å²) in [6.07, 6.45) is 0.132. The van der Waals surface area contributed by atoms with E-state index in [2.05, 4.69) is 10.3 Å². The van der Waals surface area contributed by atoms with E-state index in [1.165, 1.54) is 30.0 Å². The van der Waals surface area contributed by atoms with Gasteiger partial charge in [-0.3, -0.25) is 14.2 Å². The average molecular weight is 480 g/mol. The zero-order valence-corrected chi connectivity index (χ0v) is 18.8. The van der Waals surface area contributed by atoms with E-state index in [-0.39, 0.29) is 28.5 Å². The number of rotatable bonds is 7. The fourth-order valence-electron chi connectivity index (χ4n) is 3.24. The third-order valence-electron chi connectivity index (χ3n) is 4.80. The monoisotopic (exact) mass is 479 g/mol. The maximum Gasteiger partial charge on any atom is 0.337 e. The molecule has 33 heavy (non-hydrogen) atoms. The number of aromatic nitrogens is 2. The quantitative estimate of drug-likeness (QED) is 0.290. The van der Waals surface area contributed by atoms with E-state index in [4.69, 9.17) is 11.6 Å². The van der Waals surface area contributed by atoms with Crippen molar-refractivity contribution in [3.05, 3.63) is 93.7 Å². The predicted octanol–water partition coefficient (Wildman–Crippen LogP) is 4.86. The number of benzene rings is 3. The van der Waals surface area contributed by atoms with Gasteiger partial charge in [0.1, 0.15) is 0 Å². The number of thioether (sulfide) groups is 1. The van der Waals surface area contributed by atoms with Crippen LogP contribution in [-0.2, 0) is 4.79 Å². The van der Waals surface area contributed by atoms with E-state index in [0.29, 0.717) is 33.2 Å². The number of aromatic carboxylic acids is 1. The van der Waals surface area contributed by atoms with E-state index in [1.54, 1.807) is 22.8 Å². The van der Waals surface area contributed by atoms with Crippen molar-refractivity contribution in [2.75, 3.05) is 11.1 Å². The van der Waals surface area contributed by atoms with Gasteiger partial charge in [0.15, 0.2) is 5.16 Å². The molecule has 0 spiro atoms. The predicted molar refractivity (Wildman–Crippen MR) is 130 cm³/mol. The van der Waals surface area contributed by atoms with E-state index >= 15 is 0 Å². The Bertz CT molecular complexity index is 1410. The van der Waals surface area contributed by atoms with Gasteiger partial charge in [0.05, 0.1) is 27.2 Å². The van der Waals surface area contributed by atoms with Gasteiger partial charge in [-0.05, 0) is 42.5 Å². The van der Waals surface area contributed by atoms with Crippen LogP contribution in [-0.4, -0.2) is 32.3 Å². The normalized spacial score (nSPS) is 10.8. The number of amides is 1. The molecule has 2 N–H and O–H groups in total. The number of halogens is 1. The van der Waals surface area contributed by atoms with Crippen molar-refractivity contribution in [2.45, 2.75) is 11.6 Å². The van der Waals surface area contributed by atoms with Crippen LogP contribution in [0.2, 0.25) is 5.02 Å². The molecule has 4 rings (SSSR count). The molecule has 3 aromatic carbocycles. The highest BCUT2D eigenvalue weighted by Crippen LogP contribution is 2.23. The van der Waals surface area contributed by atoms with Gasteiger partial charge in [0.25, 0.3) is 5.56 Å². The van der Waals surface area contributed by atoms with E-state index in [1.807, 2.05) is 36.4 Å². The molecule has 1 heterocycles. The van der Waals surface area contributed by atoms with Crippen molar-refractivity contribution in [2.24, 2.45) is 0 Å². The molecule has 0 bridgehead atoms. The molecule has 0 fully saturated rings. The Balaban J connectivity index is 1.53. The number of para-hydroxylation sites is 2. The van der Waals surface area contributed by atoms with Gasteiger partial charge in [-0.15, -0.1) is 0 Å². The number of nitrogens with one attached hydrogen (secondary N) is 1. The van der Waals surface area contributed by atoms with Gasteiger partial charge in [0, 0.05) is 17.9 Å². The van der Waals surface area contributed by atoms with Gasteiger partial charge < -0.3 is 10.4 Å². The number of hydrogen-bond donors (Lipinski definition) is 2. The highest BCUT2D eigenvalue weighted by molar-refractivity contribution is 7.99. The molecule has 0 saturated carbocycles. The maximum absolute atomic E-state index is 13.2. The first-order valence-electron chi connectivity index (χ1n) is 9.97. The largest absolute Gasteiger partial charge is 0.478 e. The Labute approximate surface area is 198 Å². The number of nitrogens with zero attached hydrogens (tertiary/aromatic N) is 2. The number of anilines is 1. The number of carbonyl (C=O) groups is 2. The second-order valence-corrected chi connectivity index (χ2v) is 8.50. The van der Waals surface area contributed by atoms with Crippen molar-refractivity contribution in [1.29, 1.82) is 0 Å². The highest BCUT2D eigenvalue weighted by atomic mass is 35.5. The molecule has 0 aliphatic carbocycles. The Morgan fingerprint density at radius 3 is 2.52 bits per heavy atom. The Morgan fingerprint density at radius 2 is 1.76 bits per heavy atom. The van der Waals surface area contributed by atoms with Crippen molar-refractivity contribution >= 4 is 51.8 Å². The molecular formula is C24H18ClN3O4S. The molecule has 9 heteroatoms. The Kier molecular flexibility index (Phi) is 6.76. The van der Waals surface area contributed by atoms with Crippen LogP contribution in [0.4, 0.5) is 5.69 Å². The van der Waals surface area contributed by atoms with Gasteiger partial charge in [-0.25, -0.2) is 9.78 Å². The molecule has 1 aromatic heterocycles. The summed E-state index contributed by atoms with van der Waals surface area (Å²) in [5.41, 5.74) is 1.35. The summed E-state index contributed by atoms with van der Waals surface area (Å²) in [5.74, 6) is -1.11. The lowest BCUT2D eigenvalue weighted by Crippen LogP contribution is -2.22. The van der Waals surface area contributed by atoms with Gasteiger partial charge in [0.2, 0.25) is 5.91 Å². The molecule has 4 aromatic rings. The second-order valence-electron chi connectivity index (χ2n) is 7.03. The van der Waals surface area contributed by atoms with Crippen molar-refractivity contribution in [3.63, 3.8) is 0 Å². The topological polar surface area (TPSA) is 101 Å². The van der Waals surface area contributed by atoms with Crippen molar-refractivity contribution in [1.82, 2.24) is 9.55 Å². The third kappa shape index (κ3) is 5.08. The van der Waals surface area contributed by atoms with Crippen LogP contribution in [0.3, 0.4) is 0 Å². The number of carboxylic acids is 1. The van der Waals surface area contributed by atoms with Gasteiger partial charge in [-0.1, -0.05) is 53.7 Å². The third-order valence-corrected chi connectivity index (χ3v) is 6.07. The van der Waals surface area contributed by atoms with E-state index in [0.717, 1.165) is 0 Å². The molecular weight excluding hydrogens is 462 g/mol. The summed E-state index contributed by atoms with van der Waals surface area (Å²) in [5, 5.41) is 12.9. The maximum atomic E-state index is 13.2. The number of carboxylic acid groups (broad SMARTS) is 1. The first-order valence-corrected chi connectivity index (χ1v) is 11.3. The number of carbonyl (C=O) groups excluding carboxylic acids is 1. The van der Waals surface area contributed by atoms with E-state index in [9.17, 15) is 19.5 Å². The van der Waals surface area contributed by atoms with Crippen molar-refractivity contribution < 1.29 is 14.7 Å². The molecule has 0 aliphatic rings. The van der Waals surface area contributed by atoms with Crippen LogP contribution in [0.15, 0.2) is 82.7 Å². The van der Waals surface area contributed by atoms with E-state index < -0.39 is 5.97 Å². The SMILES string of the molecule is O=C(CCSc1nc2ccccc2c(=O)n1-c1ccccc1)Nc1ccc(Cl)c(C(=O)O)c1. The molecule has 0 saturated heterocycles. The summed E-state index contributed by atoms with van der Waals surface area (Å²) in [7, 11) is 0. The van der Waals surface area contributed by atoms with Crippen LogP contribution in [0, 0.1) is 0 Å². The van der Waals surface area contributed by atoms with Crippen LogP contribution in [0.5, 0.6) is 0 Å². The molecule has 7 nitrogen and oxygen atoms in total. The first-order chi connectivity index (χ1) is 15.9. The first kappa shape index (κ1) is 22.6.